The van der Waals surface area contributed by atoms with E-state index in [-0.39, 0.29) is 18.0 Å². The van der Waals surface area contributed by atoms with Gasteiger partial charge in [0.05, 0.1) is 0 Å². The van der Waals surface area contributed by atoms with Gasteiger partial charge in [0.1, 0.15) is 0 Å². The SMILES string of the molecule is CN(C)C/C=C/C(=O)NCc1cc2c([nH]c1=O)CCN(C)C2. The number of H-pyrrole nitrogens is 1. The van der Waals surface area contributed by atoms with Crippen LogP contribution in [0.15, 0.2) is 23.0 Å². The Bertz CT molecular complexity index is 619. The van der Waals surface area contributed by atoms with Gasteiger partial charge in [-0.1, -0.05) is 6.08 Å². The number of nitrogens with one attached hydrogen (secondary N) is 2. The van der Waals surface area contributed by atoms with E-state index in [4.69, 9.17) is 0 Å². The van der Waals surface area contributed by atoms with Crippen molar-refractivity contribution in [3.8, 4) is 0 Å². The highest BCUT2D eigenvalue weighted by atomic mass is 16.1. The molecule has 1 amide bonds. The molecule has 0 aromatic carbocycles. The molecule has 2 rings (SSSR count). The van der Waals surface area contributed by atoms with E-state index in [1.54, 1.807) is 6.08 Å². The number of hydrogen-bond donors (Lipinski definition) is 2. The number of carbonyl (C=O) groups is 1. The van der Waals surface area contributed by atoms with Crippen LogP contribution in [0.5, 0.6) is 0 Å². The number of rotatable bonds is 5. The number of hydrogen-bond acceptors (Lipinski definition) is 4. The standard InChI is InChI=1S/C16H24N4O2/c1-19(2)7-4-5-15(21)17-10-12-9-13-11-20(3)8-6-14(13)18-16(12)22/h4-5,9H,6-8,10-11H2,1-3H3,(H,17,21)(H,18,22)/b5-4+. The lowest BCUT2D eigenvalue weighted by molar-refractivity contribution is -0.116. The molecule has 0 fully saturated rings. The van der Waals surface area contributed by atoms with E-state index in [0.717, 1.165) is 30.8 Å². The Hall–Kier alpha value is -1.92. The minimum atomic E-state index is -0.184. The molecule has 0 saturated heterocycles. The molecule has 1 aliphatic rings. The van der Waals surface area contributed by atoms with E-state index in [9.17, 15) is 9.59 Å². The van der Waals surface area contributed by atoms with Crippen LogP contribution in [-0.2, 0) is 24.3 Å². The van der Waals surface area contributed by atoms with Crippen LogP contribution < -0.4 is 10.9 Å². The molecule has 2 heterocycles. The molecule has 0 atom stereocenters. The maximum absolute atomic E-state index is 12.0. The zero-order valence-electron chi connectivity index (χ0n) is 13.5. The van der Waals surface area contributed by atoms with Crippen molar-refractivity contribution in [2.45, 2.75) is 19.5 Å². The van der Waals surface area contributed by atoms with Crippen LogP contribution >= 0.6 is 0 Å². The van der Waals surface area contributed by atoms with Gasteiger partial charge in [0, 0.05) is 49.9 Å². The molecular formula is C16H24N4O2. The summed E-state index contributed by atoms with van der Waals surface area (Å²) in [5.41, 5.74) is 2.65. The van der Waals surface area contributed by atoms with Crippen molar-refractivity contribution in [3.05, 3.63) is 45.4 Å². The summed E-state index contributed by atoms with van der Waals surface area (Å²) < 4.78 is 0. The minimum absolute atomic E-state index is 0.110. The van der Waals surface area contributed by atoms with Crippen LogP contribution in [-0.4, -0.2) is 54.9 Å². The number of nitrogens with zero attached hydrogens (tertiary/aromatic N) is 2. The lowest BCUT2D eigenvalue weighted by atomic mass is 10.0. The molecule has 0 aliphatic carbocycles. The van der Waals surface area contributed by atoms with Crippen molar-refractivity contribution in [2.24, 2.45) is 0 Å². The van der Waals surface area contributed by atoms with Crippen molar-refractivity contribution < 1.29 is 4.79 Å². The Kier molecular flexibility index (Phi) is 5.51. The van der Waals surface area contributed by atoms with Gasteiger partial charge >= 0.3 is 0 Å². The summed E-state index contributed by atoms with van der Waals surface area (Å²) in [6.07, 6.45) is 4.16. The number of amides is 1. The van der Waals surface area contributed by atoms with Crippen LogP contribution in [0.3, 0.4) is 0 Å². The van der Waals surface area contributed by atoms with E-state index < -0.39 is 0 Å². The molecule has 22 heavy (non-hydrogen) atoms. The van der Waals surface area contributed by atoms with Crippen molar-refractivity contribution in [2.75, 3.05) is 34.2 Å². The summed E-state index contributed by atoms with van der Waals surface area (Å²) >= 11 is 0. The quantitative estimate of drug-likeness (QED) is 0.757. The van der Waals surface area contributed by atoms with Crippen molar-refractivity contribution >= 4 is 5.91 Å². The van der Waals surface area contributed by atoms with Crippen LogP contribution in [0.25, 0.3) is 0 Å². The summed E-state index contributed by atoms with van der Waals surface area (Å²) in [4.78, 5) is 30.9. The second-order valence-corrected chi connectivity index (χ2v) is 6.00. The molecule has 0 saturated carbocycles. The number of fused-ring (bicyclic) bond motifs is 1. The predicted molar refractivity (Wildman–Crippen MR) is 86.6 cm³/mol. The lowest BCUT2D eigenvalue weighted by Crippen LogP contribution is -2.32. The van der Waals surface area contributed by atoms with Crippen LogP contribution in [0.2, 0.25) is 0 Å². The Labute approximate surface area is 130 Å². The zero-order chi connectivity index (χ0) is 16.1. The zero-order valence-corrected chi connectivity index (χ0v) is 13.5. The van der Waals surface area contributed by atoms with Crippen molar-refractivity contribution in [1.29, 1.82) is 0 Å². The highest BCUT2D eigenvalue weighted by Crippen LogP contribution is 2.15. The molecule has 120 valence electrons. The van der Waals surface area contributed by atoms with E-state index in [1.165, 1.54) is 6.08 Å². The maximum atomic E-state index is 12.0. The Morgan fingerprint density at radius 3 is 3.00 bits per heavy atom. The first-order chi connectivity index (χ1) is 10.5. The first-order valence-corrected chi connectivity index (χ1v) is 7.47. The highest BCUT2D eigenvalue weighted by Gasteiger charge is 2.15. The lowest BCUT2D eigenvalue weighted by Gasteiger charge is -2.24. The summed E-state index contributed by atoms with van der Waals surface area (Å²) in [6, 6.07) is 1.91. The topological polar surface area (TPSA) is 68.4 Å². The minimum Gasteiger partial charge on any atom is -0.348 e. The number of carbonyl (C=O) groups excluding carboxylic acids is 1. The fourth-order valence-electron chi connectivity index (χ4n) is 2.44. The summed E-state index contributed by atoms with van der Waals surface area (Å²) in [5, 5.41) is 2.75. The Morgan fingerprint density at radius 2 is 2.27 bits per heavy atom. The number of aromatic nitrogens is 1. The predicted octanol–water partition coefficient (Wildman–Crippen LogP) is 0.0968. The maximum Gasteiger partial charge on any atom is 0.253 e. The second-order valence-electron chi connectivity index (χ2n) is 6.00. The molecule has 1 aromatic heterocycles. The molecule has 1 aromatic rings. The van der Waals surface area contributed by atoms with Gasteiger partial charge in [0.25, 0.3) is 5.56 Å². The molecule has 0 unspecified atom stereocenters. The Balaban J connectivity index is 1.98. The van der Waals surface area contributed by atoms with Gasteiger partial charge in [-0.05, 0) is 32.8 Å². The molecule has 0 bridgehead atoms. The second kappa shape index (κ2) is 7.38. The van der Waals surface area contributed by atoms with Crippen LogP contribution in [0.1, 0.15) is 16.8 Å². The first-order valence-electron chi connectivity index (χ1n) is 7.47. The number of likely N-dealkylation sites (N-methyl/N-ethyl adjacent to an activating group) is 2. The fraction of sp³-hybridized carbons (Fsp3) is 0.500. The summed E-state index contributed by atoms with van der Waals surface area (Å²) in [7, 11) is 5.93. The van der Waals surface area contributed by atoms with Gasteiger partial charge in [0.15, 0.2) is 0 Å². The van der Waals surface area contributed by atoms with Crippen LogP contribution in [0, 0.1) is 0 Å². The van der Waals surface area contributed by atoms with Crippen molar-refractivity contribution in [1.82, 2.24) is 20.1 Å². The van der Waals surface area contributed by atoms with Gasteiger partial charge < -0.3 is 20.1 Å². The normalized spacial score (nSPS) is 15.3. The number of aromatic amines is 1. The molecule has 6 nitrogen and oxygen atoms in total. The average Bonchev–Trinajstić information content (AvgIpc) is 2.45. The molecule has 0 spiro atoms. The third-order valence-corrected chi connectivity index (χ3v) is 3.67. The number of pyridine rings is 1. The van der Waals surface area contributed by atoms with E-state index in [1.807, 2.05) is 25.1 Å². The molecular weight excluding hydrogens is 280 g/mol. The van der Waals surface area contributed by atoms with E-state index >= 15 is 0 Å². The van der Waals surface area contributed by atoms with E-state index in [0.29, 0.717) is 12.1 Å². The highest BCUT2D eigenvalue weighted by molar-refractivity contribution is 5.87. The van der Waals surface area contributed by atoms with Gasteiger partial charge in [-0.3, -0.25) is 9.59 Å². The van der Waals surface area contributed by atoms with Gasteiger partial charge in [-0.25, -0.2) is 0 Å². The van der Waals surface area contributed by atoms with E-state index in [2.05, 4.69) is 22.2 Å². The van der Waals surface area contributed by atoms with Gasteiger partial charge in [-0.2, -0.15) is 0 Å². The fourth-order valence-corrected chi connectivity index (χ4v) is 2.44. The largest absolute Gasteiger partial charge is 0.348 e. The molecule has 2 N–H and O–H groups in total. The van der Waals surface area contributed by atoms with Crippen LogP contribution in [0.4, 0.5) is 0 Å². The van der Waals surface area contributed by atoms with Crippen molar-refractivity contribution in [3.63, 3.8) is 0 Å². The summed E-state index contributed by atoms with van der Waals surface area (Å²) in [6.45, 7) is 2.74. The molecule has 0 radical (unpaired) electrons. The summed E-state index contributed by atoms with van der Waals surface area (Å²) in [5.74, 6) is -0.184. The molecule has 6 heteroatoms. The first kappa shape index (κ1) is 16.5. The van der Waals surface area contributed by atoms with Gasteiger partial charge in [-0.15, -0.1) is 0 Å². The monoisotopic (exact) mass is 304 g/mol. The molecule has 1 aliphatic heterocycles. The smallest absolute Gasteiger partial charge is 0.253 e. The third-order valence-electron chi connectivity index (χ3n) is 3.67. The average molecular weight is 304 g/mol. The Morgan fingerprint density at radius 1 is 1.50 bits per heavy atom. The third kappa shape index (κ3) is 4.54. The van der Waals surface area contributed by atoms with Gasteiger partial charge in [0.2, 0.25) is 5.91 Å².